The van der Waals surface area contributed by atoms with Crippen LogP contribution in [0.1, 0.15) is 58.0 Å². The van der Waals surface area contributed by atoms with Gasteiger partial charge in [-0.05, 0) is 52.3 Å². The van der Waals surface area contributed by atoms with Gasteiger partial charge in [-0.3, -0.25) is 4.90 Å². The Labute approximate surface area is 172 Å². The van der Waals surface area contributed by atoms with E-state index >= 15 is 0 Å². The van der Waals surface area contributed by atoms with E-state index in [1.807, 2.05) is 45.4 Å². The molecule has 6 nitrogen and oxygen atoms in total. The first-order chi connectivity index (χ1) is 13.7. The largest absolute Gasteiger partial charge is 0.444 e. The summed E-state index contributed by atoms with van der Waals surface area (Å²) >= 11 is 0. The lowest BCUT2D eigenvalue weighted by atomic mass is 10.1. The molecule has 0 radical (unpaired) electrons. The average Bonchev–Trinajstić information content (AvgIpc) is 3.16. The van der Waals surface area contributed by atoms with Gasteiger partial charge < -0.3 is 14.2 Å². The molecule has 0 spiro atoms. The van der Waals surface area contributed by atoms with Crippen LogP contribution in [0.15, 0.2) is 36.8 Å². The van der Waals surface area contributed by atoms with Crippen molar-refractivity contribution < 1.29 is 13.9 Å². The van der Waals surface area contributed by atoms with Crippen LogP contribution in [0.5, 0.6) is 0 Å². The van der Waals surface area contributed by atoms with Gasteiger partial charge in [0.1, 0.15) is 11.4 Å². The molecule has 7 heteroatoms. The number of imidazole rings is 1. The smallest absolute Gasteiger partial charge is 0.410 e. The van der Waals surface area contributed by atoms with E-state index < -0.39 is 5.60 Å². The van der Waals surface area contributed by atoms with Gasteiger partial charge in [-0.25, -0.2) is 14.2 Å². The molecular weight excluding hydrogens is 371 g/mol. The number of halogens is 1. The topological polar surface area (TPSA) is 50.6 Å². The third-order valence-corrected chi connectivity index (χ3v) is 5.41. The summed E-state index contributed by atoms with van der Waals surface area (Å²) in [6, 6.07) is 6.81. The Kier molecular flexibility index (Phi) is 6.27. The van der Waals surface area contributed by atoms with Gasteiger partial charge in [-0.15, -0.1) is 0 Å². The van der Waals surface area contributed by atoms with Crippen molar-refractivity contribution in [3.05, 3.63) is 53.9 Å². The molecule has 2 atom stereocenters. The van der Waals surface area contributed by atoms with E-state index in [-0.39, 0.29) is 24.0 Å². The van der Waals surface area contributed by atoms with Gasteiger partial charge in [0.2, 0.25) is 0 Å². The number of nitrogens with zero attached hydrogens (tertiary/aromatic N) is 4. The fourth-order valence-corrected chi connectivity index (χ4v) is 3.67. The van der Waals surface area contributed by atoms with Gasteiger partial charge in [-0.2, -0.15) is 0 Å². The summed E-state index contributed by atoms with van der Waals surface area (Å²) in [6.07, 6.45) is 3.47. The van der Waals surface area contributed by atoms with Gasteiger partial charge >= 0.3 is 6.09 Å². The van der Waals surface area contributed by atoms with E-state index in [0.717, 1.165) is 24.3 Å². The predicted molar refractivity (Wildman–Crippen MR) is 110 cm³/mol. The number of benzene rings is 1. The Morgan fingerprint density at radius 3 is 2.28 bits per heavy atom. The number of hydrogen-bond acceptors (Lipinski definition) is 4. The minimum Gasteiger partial charge on any atom is -0.444 e. The fraction of sp³-hybridized carbons (Fsp3) is 0.545. The molecule has 1 aromatic carbocycles. The zero-order valence-corrected chi connectivity index (χ0v) is 17.9. The molecule has 2 unspecified atom stereocenters. The van der Waals surface area contributed by atoms with Crippen molar-refractivity contribution >= 4 is 6.09 Å². The van der Waals surface area contributed by atoms with Gasteiger partial charge in [0.25, 0.3) is 0 Å². The van der Waals surface area contributed by atoms with E-state index in [2.05, 4.69) is 28.3 Å². The van der Waals surface area contributed by atoms with Crippen LogP contribution in [-0.2, 0) is 4.74 Å². The van der Waals surface area contributed by atoms with Gasteiger partial charge in [0, 0.05) is 38.4 Å². The molecule has 2 aromatic rings. The standard InChI is InChI=1S/C22H31FN4O2/c1-16(18-6-8-19(23)9-7-18)27-15-24-14-20(27)17(2)25-10-12-26(13-11-25)21(28)29-22(3,4)5/h6-9,14-17H,10-13H2,1-5H3. The van der Waals surface area contributed by atoms with Crippen LogP contribution >= 0.6 is 0 Å². The second kappa shape index (κ2) is 8.53. The van der Waals surface area contributed by atoms with E-state index in [9.17, 15) is 9.18 Å². The summed E-state index contributed by atoms with van der Waals surface area (Å²) in [5.41, 5.74) is 1.66. The minimum absolute atomic E-state index is 0.0543. The van der Waals surface area contributed by atoms with Gasteiger partial charge in [0.15, 0.2) is 0 Å². The maximum atomic E-state index is 13.3. The third-order valence-electron chi connectivity index (χ3n) is 5.41. The maximum absolute atomic E-state index is 13.3. The first kappa shape index (κ1) is 21.3. The van der Waals surface area contributed by atoms with E-state index in [1.54, 1.807) is 4.90 Å². The number of ether oxygens (including phenoxy) is 1. The monoisotopic (exact) mass is 402 g/mol. The van der Waals surface area contributed by atoms with Crippen molar-refractivity contribution in [1.82, 2.24) is 19.4 Å². The highest BCUT2D eigenvalue weighted by molar-refractivity contribution is 5.68. The fourth-order valence-electron chi connectivity index (χ4n) is 3.67. The van der Waals surface area contributed by atoms with Crippen LogP contribution in [0.3, 0.4) is 0 Å². The third kappa shape index (κ3) is 5.15. The van der Waals surface area contributed by atoms with Crippen LogP contribution in [-0.4, -0.2) is 57.2 Å². The lowest BCUT2D eigenvalue weighted by Crippen LogP contribution is -2.50. The van der Waals surface area contributed by atoms with Crippen molar-refractivity contribution in [3.8, 4) is 0 Å². The molecule has 0 aliphatic carbocycles. The summed E-state index contributed by atoms with van der Waals surface area (Å²) in [5.74, 6) is -0.233. The quantitative estimate of drug-likeness (QED) is 0.767. The van der Waals surface area contributed by atoms with Crippen molar-refractivity contribution in [2.45, 2.75) is 52.3 Å². The van der Waals surface area contributed by atoms with E-state index in [0.29, 0.717) is 13.1 Å². The molecule has 0 saturated carbocycles. The summed E-state index contributed by atoms with van der Waals surface area (Å²) in [6.45, 7) is 12.7. The molecule has 158 valence electrons. The molecule has 29 heavy (non-hydrogen) atoms. The number of rotatable bonds is 4. The second-order valence-electron chi connectivity index (χ2n) is 8.63. The number of piperazine rings is 1. The Morgan fingerprint density at radius 1 is 1.07 bits per heavy atom. The average molecular weight is 403 g/mol. The van der Waals surface area contributed by atoms with Crippen LogP contribution in [0, 0.1) is 5.82 Å². The van der Waals surface area contributed by atoms with Crippen LogP contribution in [0.4, 0.5) is 9.18 Å². The van der Waals surface area contributed by atoms with Gasteiger partial charge in [0.05, 0.1) is 18.1 Å². The Hall–Kier alpha value is -2.41. The highest BCUT2D eigenvalue weighted by atomic mass is 19.1. The van der Waals surface area contributed by atoms with E-state index in [1.165, 1.54) is 12.1 Å². The molecule has 1 aliphatic rings. The molecule has 2 heterocycles. The lowest BCUT2D eigenvalue weighted by molar-refractivity contribution is 0.0107. The molecule has 1 saturated heterocycles. The number of amides is 1. The zero-order chi connectivity index (χ0) is 21.2. The number of carbonyl (C=O) groups is 1. The summed E-state index contributed by atoms with van der Waals surface area (Å²) < 4.78 is 20.9. The van der Waals surface area contributed by atoms with Crippen LogP contribution in [0.25, 0.3) is 0 Å². The zero-order valence-electron chi connectivity index (χ0n) is 17.9. The predicted octanol–water partition coefficient (Wildman–Crippen LogP) is 4.25. The molecule has 1 fully saturated rings. The molecular formula is C22H31FN4O2. The van der Waals surface area contributed by atoms with Crippen molar-refractivity contribution in [2.75, 3.05) is 26.2 Å². The molecule has 0 bridgehead atoms. The van der Waals surface area contributed by atoms with Crippen molar-refractivity contribution in [2.24, 2.45) is 0 Å². The maximum Gasteiger partial charge on any atom is 0.410 e. The first-order valence-electron chi connectivity index (χ1n) is 10.1. The highest BCUT2D eigenvalue weighted by Gasteiger charge is 2.29. The highest BCUT2D eigenvalue weighted by Crippen LogP contribution is 2.27. The second-order valence-corrected chi connectivity index (χ2v) is 8.63. The molecule has 0 N–H and O–H groups in total. The number of aromatic nitrogens is 2. The van der Waals surface area contributed by atoms with E-state index in [4.69, 9.17) is 4.74 Å². The van der Waals surface area contributed by atoms with Crippen LogP contribution < -0.4 is 0 Å². The van der Waals surface area contributed by atoms with Gasteiger partial charge in [-0.1, -0.05) is 12.1 Å². The Balaban J connectivity index is 1.65. The Morgan fingerprint density at radius 2 is 1.69 bits per heavy atom. The number of carbonyl (C=O) groups excluding carboxylic acids is 1. The summed E-state index contributed by atoms with van der Waals surface area (Å²) in [7, 11) is 0. The SMILES string of the molecule is CC(c1cncn1C(C)c1ccc(F)cc1)N1CCN(C(=O)OC(C)(C)C)CC1. The van der Waals surface area contributed by atoms with Crippen molar-refractivity contribution in [3.63, 3.8) is 0 Å². The summed E-state index contributed by atoms with van der Waals surface area (Å²) in [5, 5.41) is 0. The molecule has 1 amide bonds. The van der Waals surface area contributed by atoms with Crippen molar-refractivity contribution in [1.29, 1.82) is 0 Å². The first-order valence-corrected chi connectivity index (χ1v) is 10.1. The Bertz CT molecular complexity index is 820. The lowest BCUT2D eigenvalue weighted by Gasteiger charge is -2.38. The number of hydrogen-bond donors (Lipinski definition) is 0. The normalized spacial score (nSPS) is 17.8. The van der Waals surface area contributed by atoms with Crippen LogP contribution in [0.2, 0.25) is 0 Å². The molecule has 1 aliphatic heterocycles. The molecule has 3 rings (SSSR count). The molecule has 1 aromatic heterocycles. The minimum atomic E-state index is -0.482. The summed E-state index contributed by atoms with van der Waals surface area (Å²) in [4.78, 5) is 20.8.